The molecule has 12 heavy (non-hydrogen) atoms. The molecule has 1 amide bonds. The molecule has 0 fully saturated rings. The molecule has 3 heteroatoms. The molecular weight excluding hydrogens is 154 g/mol. The Bertz CT molecular complexity index is 277. The van der Waals surface area contributed by atoms with E-state index in [4.69, 9.17) is 5.11 Å². The van der Waals surface area contributed by atoms with Gasteiger partial charge in [-0.3, -0.25) is 4.79 Å². The van der Waals surface area contributed by atoms with E-state index in [0.29, 0.717) is 6.41 Å². The van der Waals surface area contributed by atoms with Crippen LogP contribution in [0.3, 0.4) is 0 Å². The fourth-order valence-corrected chi connectivity index (χ4v) is 0.769. The molecule has 0 spiro atoms. The van der Waals surface area contributed by atoms with Crippen molar-refractivity contribution in [1.29, 1.82) is 0 Å². The Balaban J connectivity index is 2.64. The van der Waals surface area contributed by atoms with Gasteiger partial charge in [-0.05, 0) is 23.8 Å². The average molecular weight is 163 g/mol. The minimum Gasteiger partial charge on any atom is -0.508 e. The van der Waals surface area contributed by atoms with Crippen LogP contribution in [0.1, 0.15) is 5.56 Å². The number of phenolic OH excluding ortho intramolecular Hbond substituents is 1. The first-order chi connectivity index (χ1) is 5.83. The van der Waals surface area contributed by atoms with Gasteiger partial charge >= 0.3 is 0 Å². The van der Waals surface area contributed by atoms with Crippen molar-refractivity contribution in [3.05, 3.63) is 36.0 Å². The third kappa shape index (κ3) is 2.46. The first-order valence-electron chi connectivity index (χ1n) is 3.48. The fraction of sp³-hybridized carbons (Fsp3) is 0. The van der Waals surface area contributed by atoms with E-state index in [0.717, 1.165) is 5.56 Å². The number of phenols is 1. The highest BCUT2D eigenvalue weighted by Crippen LogP contribution is 2.09. The lowest BCUT2D eigenvalue weighted by molar-refractivity contribution is -0.108. The van der Waals surface area contributed by atoms with Gasteiger partial charge in [-0.1, -0.05) is 12.1 Å². The molecule has 3 nitrogen and oxygen atoms in total. The number of carbonyl (C=O) groups is 1. The maximum Gasteiger partial charge on any atom is 0.211 e. The monoisotopic (exact) mass is 163 g/mol. The Kier molecular flexibility index (Phi) is 2.90. The van der Waals surface area contributed by atoms with Gasteiger partial charge in [-0.15, -0.1) is 0 Å². The van der Waals surface area contributed by atoms with Crippen LogP contribution in [-0.4, -0.2) is 11.5 Å². The molecule has 0 saturated carbocycles. The van der Waals surface area contributed by atoms with E-state index in [1.54, 1.807) is 30.3 Å². The van der Waals surface area contributed by atoms with Crippen LogP contribution in [0.2, 0.25) is 0 Å². The van der Waals surface area contributed by atoms with Gasteiger partial charge < -0.3 is 10.4 Å². The number of rotatable bonds is 3. The Hall–Kier alpha value is -1.77. The van der Waals surface area contributed by atoms with Crippen molar-refractivity contribution in [2.24, 2.45) is 0 Å². The summed E-state index contributed by atoms with van der Waals surface area (Å²) in [6.45, 7) is 0. The number of benzene rings is 1. The molecule has 0 heterocycles. The van der Waals surface area contributed by atoms with Crippen molar-refractivity contribution in [3.8, 4) is 5.75 Å². The maximum absolute atomic E-state index is 9.85. The Labute approximate surface area is 70.3 Å². The molecule has 2 N–H and O–H groups in total. The average Bonchev–Trinajstić information content (AvgIpc) is 2.09. The molecule has 0 unspecified atom stereocenters. The van der Waals surface area contributed by atoms with Crippen LogP contribution in [-0.2, 0) is 4.79 Å². The third-order valence-electron chi connectivity index (χ3n) is 1.33. The molecular formula is C9H9NO2. The summed E-state index contributed by atoms with van der Waals surface area (Å²) in [6.07, 6.45) is 3.85. The fourth-order valence-electron chi connectivity index (χ4n) is 0.769. The summed E-state index contributed by atoms with van der Waals surface area (Å²) in [5.41, 5.74) is 0.919. The number of amides is 1. The minimum absolute atomic E-state index is 0.232. The molecule has 0 aliphatic rings. The van der Waals surface area contributed by atoms with Gasteiger partial charge in [0, 0.05) is 6.20 Å². The van der Waals surface area contributed by atoms with Crippen molar-refractivity contribution >= 4 is 12.5 Å². The standard InChI is InChI=1S/C9H9NO2/c11-7-10-6-5-8-1-3-9(12)4-2-8/h1-7,12H,(H,10,11)/b6-5-. The smallest absolute Gasteiger partial charge is 0.211 e. The largest absolute Gasteiger partial charge is 0.508 e. The number of hydrogen-bond acceptors (Lipinski definition) is 2. The van der Waals surface area contributed by atoms with Crippen LogP contribution in [0.4, 0.5) is 0 Å². The molecule has 0 atom stereocenters. The zero-order chi connectivity index (χ0) is 8.81. The van der Waals surface area contributed by atoms with Gasteiger partial charge in [0.1, 0.15) is 5.75 Å². The van der Waals surface area contributed by atoms with Crippen LogP contribution in [0.25, 0.3) is 6.08 Å². The van der Waals surface area contributed by atoms with Gasteiger partial charge in [0.05, 0.1) is 0 Å². The molecule has 0 aliphatic carbocycles. The van der Waals surface area contributed by atoms with Crippen LogP contribution >= 0.6 is 0 Å². The second-order valence-corrected chi connectivity index (χ2v) is 2.21. The van der Waals surface area contributed by atoms with E-state index in [9.17, 15) is 4.79 Å². The summed E-state index contributed by atoms with van der Waals surface area (Å²) in [5, 5.41) is 11.3. The summed E-state index contributed by atoms with van der Waals surface area (Å²) in [4.78, 5) is 9.85. The minimum atomic E-state index is 0.232. The maximum atomic E-state index is 9.85. The number of nitrogens with one attached hydrogen (secondary N) is 1. The summed E-state index contributed by atoms with van der Waals surface area (Å²) in [6, 6.07) is 6.66. The Morgan fingerprint density at radius 3 is 2.50 bits per heavy atom. The van der Waals surface area contributed by atoms with Crippen LogP contribution < -0.4 is 5.32 Å². The quantitative estimate of drug-likeness (QED) is 0.656. The highest BCUT2D eigenvalue weighted by Gasteiger charge is 1.86. The zero-order valence-electron chi connectivity index (χ0n) is 6.40. The number of hydrogen-bond donors (Lipinski definition) is 2. The van der Waals surface area contributed by atoms with Gasteiger partial charge in [0.25, 0.3) is 0 Å². The van der Waals surface area contributed by atoms with Crippen molar-refractivity contribution in [2.45, 2.75) is 0 Å². The molecule has 0 aromatic heterocycles. The SMILES string of the molecule is O=CN/C=C\c1ccc(O)cc1. The molecule has 1 aromatic rings. The van der Waals surface area contributed by atoms with E-state index < -0.39 is 0 Å². The molecule has 1 rings (SSSR count). The summed E-state index contributed by atoms with van der Waals surface area (Å²) in [7, 11) is 0. The lowest BCUT2D eigenvalue weighted by Crippen LogP contribution is -1.97. The number of carbonyl (C=O) groups excluding carboxylic acids is 1. The van der Waals surface area contributed by atoms with E-state index in [1.807, 2.05) is 0 Å². The lowest BCUT2D eigenvalue weighted by Gasteiger charge is -1.92. The van der Waals surface area contributed by atoms with E-state index in [-0.39, 0.29) is 5.75 Å². The van der Waals surface area contributed by atoms with Crippen molar-refractivity contribution in [3.63, 3.8) is 0 Å². The Morgan fingerprint density at radius 1 is 1.25 bits per heavy atom. The van der Waals surface area contributed by atoms with Crippen molar-refractivity contribution < 1.29 is 9.90 Å². The third-order valence-corrected chi connectivity index (χ3v) is 1.33. The van der Waals surface area contributed by atoms with Gasteiger partial charge in [0.2, 0.25) is 6.41 Å². The van der Waals surface area contributed by atoms with Gasteiger partial charge in [0.15, 0.2) is 0 Å². The van der Waals surface area contributed by atoms with Crippen molar-refractivity contribution in [1.82, 2.24) is 5.32 Å². The molecule has 0 aliphatic heterocycles. The topological polar surface area (TPSA) is 49.3 Å². The molecule has 0 radical (unpaired) electrons. The number of aromatic hydroxyl groups is 1. The van der Waals surface area contributed by atoms with Crippen LogP contribution in [0.5, 0.6) is 5.75 Å². The van der Waals surface area contributed by atoms with Crippen LogP contribution in [0, 0.1) is 0 Å². The summed E-state index contributed by atoms with van der Waals surface area (Å²) >= 11 is 0. The molecule has 0 saturated heterocycles. The first kappa shape index (κ1) is 8.33. The molecule has 0 bridgehead atoms. The predicted octanol–water partition coefficient (Wildman–Crippen LogP) is 1.11. The second kappa shape index (κ2) is 4.18. The zero-order valence-corrected chi connectivity index (χ0v) is 6.40. The highest BCUT2D eigenvalue weighted by molar-refractivity contribution is 5.55. The van der Waals surface area contributed by atoms with Crippen molar-refractivity contribution in [2.75, 3.05) is 0 Å². The van der Waals surface area contributed by atoms with Gasteiger partial charge in [-0.2, -0.15) is 0 Å². The first-order valence-corrected chi connectivity index (χ1v) is 3.48. The second-order valence-electron chi connectivity index (χ2n) is 2.21. The predicted molar refractivity (Wildman–Crippen MR) is 46.3 cm³/mol. The summed E-state index contributed by atoms with van der Waals surface area (Å²) < 4.78 is 0. The van der Waals surface area contributed by atoms with Crippen LogP contribution in [0.15, 0.2) is 30.5 Å². The van der Waals surface area contributed by atoms with E-state index in [2.05, 4.69) is 5.32 Å². The highest BCUT2D eigenvalue weighted by atomic mass is 16.3. The molecule has 1 aromatic carbocycles. The lowest BCUT2D eigenvalue weighted by atomic mass is 10.2. The Morgan fingerprint density at radius 2 is 1.92 bits per heavy atom. The molecule has 62 valence electrons. The van der Waals surface area contributed by atoms with E-state index in [1.165, 1.54) is 6.20 Å². The van der Waals surface area contributed by atoms with Gasteiger partial charge in [-0.25, -0.2) is 0 Å². The van der Waals surface area contributed by atoms with E-state index >= 15 is 0 Å². The summed E-state index contributed by atoms with van der Waals surface area (Å²) in [5.74, 6) is 0.232. The normalized spacial score (nSPS) is 10.0.